The zero-order chi connectivity index (χ0) is 27.1. The average Bonchev–Trinajstić information content (AvgIpc) is 2.96. The third-order valence-corrected chi connectivity index (χ3v) is 6.85. The minimum Gasteiger partial charge on any atom is -0.187 e. The summed E-state index contributed by atoms with van der Waals surface area (Å²) in [5, 5.41) is 4.71. The molecule has 0 aromatic heterocycles. The van der Waals surface area contributed by atoms with Crippen molar-refractivity contribution in [2.45, 2.75) is 78.1 Å². The maximum absolute atomic E-state index is 4.71. The Morgan fingerprint density at radius 3 is 1.33 bits per heavy atom. The molecule has 0 saturated carbocycles. The fourth-order valence-corrected chi connectivity index (χ4v) is 4.59. The molecule has 0 aliphatic carbocycles. The highest BCUT2D eigenvalue weighted by molar-refractivity contribution is 5.88. The molecule has 2 nitrogen and oxygen atoms in total. The molecule has 0 heterocycles. The molecule has 4 rings (SSSR count). The van der Waals surface area contributed by atoms with Crippen LogP contribution in [0, 0.1) is 23.7 Å². The second kappa shape index (κ2) is 15.3. The summed E-state index contributed by atoms with van der Waals surface area (Å²) < 4.78 is 0. The van der Waals surface area contributed by atoms with Gasteiger partial charge in [0.1, 0.15) is 6.01 Å². The predicted molar refractivity (Wildman–Crippen MR) is 168 cm³/mol. The number of unbranched alkanes of at least 4 members (excludes halogenated alkanes) is 6. The van der Waals surface area contributed by atoms with Crippen LogP contribution in [0.2, 0.25) is 0 Å². The van der Waals surface area contributed by atoms with Crippen molar-refractivity contribution in [3.8, 4) is 23.7 Å². The molecule has 2 heteroatoms. The van der Waals surface area contributed by atoms with Crippen LogP contribution in [0.4, 0.5) is 11.4 Å². The van der Waals surface area contributed by atoms with Crippen LogP contribution in [0.3, 0.4) is 0 Å². The van der Waals surface area contributed by atoms with Crippen LogP contribution in [-0.2, 0) is 12.8 Å². The first-order valence-corrected chi connectivity index (χ1v) is 14.4. The molecule has 0 aliphatic heterocycles. The van der Waals surface area contributed by atoms with E-state index in [-0.39, 0.29) is 0 Å². The van der Waals surface area contributed by atoms with Crippen molar-refractivity contribution in [2.75, 3.05) is 0 Å². The van der Waals surface area contributed by atoms with E-state index in [0.29, 0.717) is 12.8 Å². The Bertz CT molecular complexity index is 1460. The smallest absolute Gasteiger partial charge is 0.100 e. The van der Waals surface area contributed by atoms with Crippen LogP contribution in [0.15, 0.2) is 82.8 Å². The highest BCUT2D eigenvalue weighted by Gasteiger charge is 2.05. The largest absolute Gasteiger partial charge is 0.187 e. The number of hydrogen-bond acceptors (Lipinski definition) is 2. The second-order valence-electron chi connectivity index (χ2n) is 9.95. The molecule has 0 aliphatic rings. The molecule has 0 unspecified atom stereocenters. The van der Waals surface area contributed by atoms with Crippen LogP contribution in [0.25, 0.3) is 21.5 Å². The Hall–Kier alpha value is -4.10. The van der Waals surface area contributed by atoms with Gasteiger partial charge in [0.25, 0.3) is 0 Å². The molecule has 0 bridgehead atoms. The van der Waals surface area contributed by atoms with Crippen molar-refractivity contribution >= 4 is 38.9 Å². The highest BCUT2D eigenvalue weighted by Crippen LogP contribution is 2.28. The van der Waals surface area contributed by atoms with Crippen LogP contribution in [-0.4, -0.2) is 6.01 Å². The minimum atomic E-state index is 0.673. The lowest BCUT2D eigenvalue weighted by atomic mass is 10.0. The van der Waals surface area contributed by atoms with E-state index >= 15 is 0 Å². The van der Waals surface area contributed by atoms with Gasteiger partial charge in [-0.2, -0.15) is 9.98 Å². The normalized spacial score (nSPS) is 10.3. The molecule has 0 spiro atoms. The summed E-state index contributed by atoms with van der Waals surface area (Å²) >= 11 is 0. The van der Waals surface area contributed by atoms with Crippen molar-refractivity contribution in [3.63, 3.8) is 0 Å². The number of hydrogen-bond donors (Lipinski definition) is 0. The van der Waals surface area contributed by atoms with Crippen LogP contribution in [0.5, 0.6) is 0 Å². The average molecular weight is 511 g/mol. The SMILES string of the molecule is CCCCCC#CCc1cc2ccccc2cc1N=C=Nc1cc2ccccc2cc1CC#CCCCCC. The Morgan fingerprint density at radius 2 is 0.923 bits per heavy atom. The fraction of sp³-hybridized carbons (Fsp3) is 0.324. The van der Waals surface area contributed by atoms with E-state index in [1.54, 1.807) is 0 Å². The van der Waals surface area contributed by atoms with E-state index in [1.165, 1.54) is 36.5 Å². The van der Waals surface area contributed by atoms with Crippen LogP contribution < -0.4 is 0 Å². The first-order valence-electron chi connectivity index (χ1n) is 14.4. The number of aliphatic imine (C=N–C) groups is 2. The summed E-state index contributed by atoms with van der Waals surface area (Å²) in [5.74, 6) is 13.4. The van der Waals surface area contributed by atoms with Crippen molar-refractivity contribution in [3.05, 3.63) is 83.9 Å². The van der Waals surface area contributed by atoms with Gasteiger partial charge in [-0.25, -0.2) is 0 Å². The van der Waals surface area contributed by atoms with Gasteiger partial charge in [0, 0.05) is 25.7 Å². The van der Waals surface area contributed by atoms with Crippen molar-refractivity contribution < 1.29 is 0 Å². The predicted octanol–water partition coefficient (Wildman–Crippen LogP) is 10.4. The van der Waals surface area contributed by atoms with E-state index < -0.39 is 0 Å². The standard InChI is InChI=1S/C37H38N2/c1-3-5-7-9-11-13-23-34-25-30-19-15-17-21-32(30)27-36(34)38-29-39-37-28-33-22-18-16-20-31(33)26-35(37)24-14-12-10-8-6-4-2/h15-22,25-28H,3-10,23-24H2,1-2H3. The molecule has 0 fully saturated rings. The van der Waals surface area contributed by atoms with Crippen molar-refractivity contribution in [1.29, 1.82) is 0 Å². The number of fused-ring (bicyclic) bond motifs is 2. The van der Waals surface area contributed by atoms with Crippen molar-refractivity contribution in [1.82, 2.24) is 0 Å². The topological polar surface area (TPSA) is 24.7 Å². The first kappa shape index (κ1) is 27.9. The monoisotopic (exact) mass is 510 g/mol. The maximum atomic E-state index is 4.71. The van der Waals surface area contributed by atoms with Gasteiger partial charge in [-0.05, 0) is 69.8 Å². The lowest BCUT2D eigenvalue weighted by Gasteiger charge is -2.06. The third-order valence-electron chi connectivity index (χ3n) is 6.85. The Balaban J connectivity index is 1.63. The Morgan fingerprint density at radius 1 is 0.513 bits per heavy atom. The van der Waals surface area contributed by atoms with Gasteiger partial charge in [-0.15, -0.1) is 11.8 Å². The van der Waals surface area contributed by atoms with Gasteiger partial charge in [0.05, 0.1) is 11.4 Å². The van der Waals surface area contributed by atoms with Crippen LogP contribution >= 0.6 is 0 Å². The number of benzene rings is 4. The molecular formula is C37H38N2. The molecule has 0 atom stereocenters. The zero-order valence-electron chi connectivity index (χ0n) is 23.4. The van der Waals surface area contributed by atoms with E-state index in [0.717, 1.165) is 59.0 Å². The molecular weight excluding hydrogens is 472 g/mol. The lowest BCUT2D eigenvalue weighted by Crippen LogP contribution is -1.86. The Kier molecular flexibility index (Phi) is 11.0. The van der Waals surface area contributed by atoms with E-state index in [1.807, 2.05) is 0 Å². The molecule has 4 aromatic carbocycles. The number of nitrogens with zero attached hydrogens (tertiary/aromatic N) is 2. The third kappa shape index (κ3) is 8.45. The zero-order valence-corrected chi connectivity index (χ0v) is 23.4. The van der Waals surface area contributed by atoms with Gasteiger partial charge >= 0.3 is 0 Å². The quantitative estimate of drug-likeness (QED) is 0.115. The van der Waals surface area contributed by atoms with Gasteiger partial charge < -0.3 is 0 Å². The molecule has 4 aromatic rings. The fourth-order valence-electron chi connectivity index (χ4n) is 4.59. The molecule has 0 radical (unpaired) electrons. The van der Waals surface area contributed by atoms with Crippen molar-refractivity contribution in [2.24, 2.45) is 9.98 Å². The first-order chi connectivity index (χ1) is 19.3. The van der Waals surface area contributed by atoms with E-state index in [2.05, 4.69) is 116 Å². The summed E-state index contributed by atoms with van der Waals surface area (Å²) in [4.78, 5) is 9.42. The maximum Gasteiger partial charge on any atom is 0.100 e. The van der Waals surface area contributed by atoms with Gasteiger partial charge in [0.15, 0.2) is 0 Å². The molecule has 0 N–H and O–H groups in total. The van der Waals surface area contributed by atoms with E-state index in [4.69, 9.17) is 9.98 Å². The van der Waals surface area contributed by atoms with Gasteiger partial charge in [-0.1, -0.05) is 99.9 Å². The molecule has 0 amide bonds. The molecule has 0 saturated heterocycles. The van der Waals surface area contributed by atoms with Gasteiger partial charge in [0.2, 0.25) is 0 Å². The Labute approximate surface area is 234 Å². The summed E-state index contributed by atoms with van der Waals surface area (Å²) in [7, 11) is 0. The molecule has 196 valence electrons. The summed E-state index contributed by atoms with van der Waals surface area (Å²) in [5.41, 5.74) is 3.96. The lowest BCUT2D eigenvalue weighted by molar-refractivity contribution is 0.737. The van der Waals surface area contributed by atoms with Gasteiger partial charge in [-0.3, -0.25) is 0 Å². The summed E-state index contributed by atoms with van der Waals surface area (Å²) in [6.45, 7) is 4.44. The van der Waals surface area contributed by atoms with E-state index in [9.17, 15) is 0 Å². The second-order valence-corrected chi connectivity index (χ2v) is 9.95. The number of rotatable bonds is 10. The summed E-state index contributed by atoms with van der Waals surface area (Å²) in [6.07, 6.45) is 10.5. The highest BCUT2D eigenvalue weighted by atomic mass is 14.8. The van der Waals surface area contributed by atoms with Crippen LogP contribution in [0.1, 0.15) is 76.3 Å². The minimum absolute atomic E-state index is 0.673. The summed E-state index contributed by atoms with van der Waals surface area (Å²) in [6, 6.07) is 28.4. The molecule has 39 heavy (non-hydrogen) atoms.